The van der Waals surface area contributed by atoms with Crippen molar-refractivity contribution in [3.63, 3.8) is 0 Å². The fourth-order valence-corrected chi connectivity index (χ4v) is 4.58. The lowest BCUT2D eigenvalue weighted by Gasteiger charge is -2.33. The lowest BCUT2D eigenvalue weighted by Crippen LogP contribution is -2.36. The van der Waals surface area contributed by atoms with Crippen molar-refractivity contribution in [2.75, 3.05) is 19.4 Å². The fourth-order valence-electron chi connectivity index (χ4n) is 4.58. The molecule has 0 bridgehead atoms. The van der Waals surface area contributed by atoms with E-state index in [-0.39, 0.29) is 0 Å². The molecule has 0 unspecified atom stereocenters. The Morgan fingerprint density at radius 1 is 1.04 bits per heavy atom. The summed E-state index contributed by atoms with van der Waals surface area (Å²) in [5.74, 6) is 1.71. The van der Waals surface area contributed by atoms with Gasteiger partial charge in [0.1, 0.15) is 17.8 Å². The molecule has 4 rings (SSSR count). The smallest absolute Gasteiger partial charge is 0.143 e. The summed E-state index contributed by atoms with van der Waals surface area (Å²) < 4.78 is 0. The average Bonchev–Trinajstić information content (AvgIpc) is 3.25. The maximum Gasteiger partial charge on any atom is 0.143 e. The van der Waals surface area contributed by atoms with Crippen LogP contribution in [0.5, 0.6) is 0 Å². The van der Waals surface area contributed by atoms with Crippen molar-refractivity contribution in [1.29, 1.82) is 0 Å². The van der Waals surface area contributed by atoms with Gasteiger partial charge in [-0.2, -0.15) is 0 Å². The van der Waals surface area contributed by atoms with Crippen LogP contribution in [0.1, 0.15) is 62.8 Å². The summed E-state index contributed by atoms with van der Waals surface area (Å²) in [6.07, 6.45) is 14.1. The Bertz CT molecular complexity index is 678. The third kappa shape index (κ3) is 3.02. The Labute approximate surface area is 144 Å². The minimum Gasteiger partial charge on any atom is -0.367 e. The largest absolute Gasteiger partial charge is 0.367 e. The minimum absolute atomic E-state index is 0.533. The number of aromatic nitrogens is 3. The molecule has 2 heterocycles. The van der Waals surface area contributed by atoms with E-state index in [1.165, 1.54) is 62.3 Å². The van der Waals surface area contributed by atoms with Crippen molar-refractivity contribution >= 4 is 16.9 Å². The van der Waals surface area contributed by atoms with Gasteiger partial charge in [0.15, 0.2) is 0 Å². The molecular formula is C19H29N5. The zero-order valence-corrected chi connectivity index (χ0v) is 14.9. The van der Waals surface area contributed by atoms with Crippen LogP contribution in [0.25, 0.3) is 11.0 Å². The van der Waals surface area contributed by atoms with Gasteiger partial charge in [0.25, 0.3) is 0 Å². The Balaban J connectivity index is 1.55. The maximum absolute atomic E-state index is 4.61. The number of fused-ring (bicyclic) bond motifs is 1. The van der Waals surface area contributed by atoms with Crippen molar-refractivity contribution in [2.45, 2.75) is 69.4 Å². The second kappa shape index (κ2) is 6.71. The van der Waals surface area contributed by atoms with Gasteiger partial charge in [-0.15, -0.1) is 0 Å². The molecule has 130 valence electrons. The van der Waals surface area contributed by atoms with Crippen molar-refractivity contribution in [1.82, 2.24) is 19.9 Å². The van der Waals surface area contributed by atoms with Crippen LogP contribution in [0, 0.1) is 0 Å². The van der Waals surface area contributed by atoms with E-state index >= 15 is 0 Å². The summed E-state index contributed by atoms with van der Waals surface area (Å²) in [4.78, 5) is 14.8. The van der Waals surface area contributed by atoms with Crippen molar-refractivity contribution in [3.8, 4) is 0 Å². The van der Waals surface area contributed by atoms with Gasteiger partial charge < -0.3 is 15.2 Å². The minimum atomic E-state index is 0.533. The summed E-state index contributed by atoms with van der Waals surface area (Å²) >= 11 is 0. The van der Waals surface area contributed by atoms with Crippen molar-refractivity contribution < 1.29 is 0 Å². The van der Waals surface area contributed by atoms with Gasteiger partial charge in [-0.1, -0.05) is 12.8 Å². The molecule has 0 aliphatic heterocycles. The zero-order chi connectivity index (χ0) is 16.5. The standard InChI is InChI=1S/C19H29N5/c1-24(2)15-9-7-14(8-10-15)23-19-17-16(13-5-3-4-6-13)11-20-18(17)21-12-22-19/h11-15H,3-10H2,1-2H3,(H2,20,21,22,23). The van der Waals surface area contributed by atoms with Gasteiger partial charge in [-0.05, 0) is 64.1 Å². The molecule has 0 amide bonds. The van der Waals surface area contributed by atoms with Crippen LogP contribution in [-0.2, 0) is 0 Å². The van der Waals surface area contributed by atoms with E-state index in [1.54, 1.807) is 6.33 Å². The molecule has 2 aromatic heterocycles. The number of nitrogens with one attached hydrogen (secondary N) is 2. The molecule has 0 spiro atoms. The number of rotatable bonds is 4. The molecule has 0 aromatic carbocycles. The molecule has 24 heavy (non-hydrogen) atoms. The van der Waals surface area contributed by atoms with Crippen LogP contribution in [0.2, 0.25) is 0 Å². The first-order valence-electron chi connectivity index (χ1n) is 9.47. The van der Waals surface area contributed by atoms with Gasteiger partial charge in [0.2, 0.25) is 0 Å². The maximum atomic E-state index is 4.61. The number of anilines is 1. The van der Waals surface area contributed by atoms with E-state index in [4.69, 9.17) is 0 Å². The predicted octanol–water partition coefficient (Wildman–Crippen LogP) is 3.90. The monoisotopic (exact) mass is 327 g/mol. The first-order chi connectivity index (χ1) is 11.7. The first-order valence-corrected chi connectivity index (χ1v) is 9.47. The molecule has 0 radical (unpaired) electrons. The van der Waals surface area contributed by atoms with Crippen LogP contribution in [-0.4, -0.2) is 46.0 Å². The zero-order valence-electron chi connectivity index (χ0n) is 14.9. The molecule has 2 N–H and O–H groups in total. The van der Waals surface area contributed by atoms with Gasteiger partial charge >= 0.3 is 0 Å². The molecule has 2 aromatic rings. The van der Waals surface area contributed by atoms with Crippen LogP contribution in [0.4, 0.5) is 5.82 Å². The molecule has 2 saturated carbocycles. The average molecular weight is 327 g/mol. The summed E-state index contributed by atoms with van der Waals surface area (Å²) in [7, 11) is 4.39. The summed E-state index contributed by atoms with van der Waals surface area (Å²) in [5.41, 5.74) is 2.41. The van der Waals surface area contributed by atoms with Gasteiger partial charge in [-0.25, -0.2) is 9.97 Å². The summed E-state index contributed by atoms with van der Waals surface area (Å²) in [6, 6.07) is 1.26. The topological polar surface area (TPSA) is 56.8 Å². The van der Waals surface area contributed by atoms with Crippen LogP contribution in [0.15, 0.2) is 12.5 Å². The SMILES string of the molecule is CN(C)C1CCC(Nc2ncnc3[nH]cc(C4CCCC4)c23)CC1. The van der Waals surface area contributed by atoms with Gasteiger partial charge in [-0.3, -0.25) is 0 Å². The van der Waals surface area contributed by atoms with E-state index in [9.17, 15) is 0 Å². The Kier molecular flexibility index (Phi) is 4.44. The molecule has 0 saturated heterocycles. The number of nitrogens with zero attached hydrogens (tertiary/aromatic N) is 3. The molecule has 0 atom stereocenters. The molecular weight excluding hydrogens is 298 g/mol. The number of hydrogen-bond acceptors (Lipinski definition) is 4. The number of hydrogen-bond donors (Lipinski definition) is 2. The quantitative estimate of drug-likeness (QED) is 0.894. The van der Waals surface area contributed by atoms with E-state index in [1.807, 2.05) is 0 Å². The van der Waals surface area contributed by atoms with Crippen molar-refractivity contribution in [3.05, 3.63) is 18.1 Å². The lowest BCUT2D eigenvalue weighted by atomic mass is 9.90. The highest BCUT2D eigenvalue weighted by Gasteiger charge is 2.25. The normalized spacial score (nSPS) is 25.6. The highest BCUT2D eigenvalue weighted by molar-refractivity contribution is 5.91. The van der Waals surface area contributed by atoms with Gasteiger partial charge in [0.05, 0.1) is 5.39 Å². The van der Waals surface area contributed by atoms with E-state index < -0.39 is 0 Å². The second-order valence-electron chi connectivity index (χ2n) is 7.78. The predicted molar refractivity (Wildman–Crippen MR) is 98.5 cm³/mol. The Morgan fingerprint density at radius 3 is 2.50 bits per heavy atom. The molecule has 2 aliphatic carbocycles. The third-order valence-electron chi connectivity index (χ3n) is 6.06. The Morgan fingerprint density at radius 2 is 1.79 bits per heavy atom. The van der Waals surface area contributed by atoms with E-state index in [2.05, 4.69) is 45.5 Å². The molecule has 5 nitrogen and oxygen atoms in total. The van der Waals surface area contributed by atoms with Crippen LogP contribution >= 0.6 is 0 Å². The van der Waals surface area contributed by atoms with Crippen LogP contribution < -0.4 is 5.32 Å². The van der Waals surface area contributed by atoms with E-state index in [0.29, 0.717) is 12.0 Å². The van der Waals surface area contributed by atoms with E-state index in [0.717, 1.165) is 17.5 Å². The van der Waals surface area contributed by atoms with Gasteiger partial charge in [0, 0.05) is 18.3 Å². The van der Waals surface area contributed by atoms with Crippen LogP contribution in [0.3, 0.4) is 0 Å². The second-order valence-corrected chi connectivity index (χ2v) is 7.78. The van der Waals surface area contributed by atoms with Crippen molar-refractivity contribution in [2.24, 2.45) is 0 Å². The highest BCUT2D eigenvalue weighted by atomic mass is 15.1. The number of H-pyrrole nitrogens is 1. The fraction of sp³-hybridized carbons (Fsp3) is 0.684. The highest BCUT2D eigenvalue weighted by Crippen LogP contribution is 2.39. The summed E-state index contributed by atoms with van der Waals surface area (Å²) in [6.45, 7) is 0. The lowest BCUT2D eigenvalue weighted by molar-refractivity contribution is 0.221. The first kappa shape index (κ1) is 15.9. The molecule has 2 fully saturated rings. The third-order valence-corrected chi connectivity index (χ3v) is 6.06. The summed E-state index contributed by atoms with van der Waals surface area (Å²) in [5, 5.41) is 4.98. The number of aromatic amines is 1. The molecule has 2 aliphatic rings. The molecule has 5 heteroatoms. The Hall–Kier alpha value is -1.62.